The van der Waals surface area contributed by atoms with Crippen molar-refractivity contribution < 1.29 is 9.53 Å². The van der Waals surface area contributed by atoms with Crippen LogP contribution in [0.2, 0.25) is 0 Å². The molecule has 21 heavy (non-hydrogen) atoms. The van der Waals surface area contributed by atoms with Crippen LogP contribution in [0.5, 0.6) is 0 Å². The quantitative estimate of drug-likeness (QED) is 0.369. The number of hydrogen-bond donors (Lipinski definition) is 1. The molecule has 0 rings (SSSR count). The molecule has 0 heterocycles. The highest BCUT2D eigenvalue weighted by atomic mass is 16.5. The zero-order valence-electron chi connectivity index (χ0n) is 14.5. The van der Waals surface area contributed by atoms with Gasteiger partial charge in [-0.05, 0) is 19.3 Å². The van der Waals surface area contributed by atoms with Gasteiger partial charge in [-0.2, -0.15) is 0 Å². The molecule has 3 nitrogen and oxygen atoms in total. The summed E-state index contributed by atoms with van der Waals surface area (Å²) < 4.78 is 4.74. The Labute approximate surface area is 132 Å². The highest BCUT2D eigenvalue weighted by Gasteiger charge is 2.17. The minimum Gasteiger partial charge on any atom is -0.469 e. The average molecular weight is 299 g/mol. The number of carbonyl (C=O) groups excluding carboxylic acids is 1. The molecule has 0 aliphatic rings. The Kier molecular flexibility index (Phi) is 14.0. The average Bonchev–Trinajstić information content (AvgIpc) is 2.47. The Balaban J connectivity index is 3.48. The van der Waals surface area contributed by atoms with E-state index in [9.17, 15) is 4.79 Å². The number of ether oxygens (including phenoxy) is 1. The highest BCUT2D eigenvalue weighted by molar-refractivity contribution is 5.69. The van der Waals surface area contributed by atoms with Gasteiger partial charge in [0.15, 0.2) is 0 Å². The lowest BCUT2D eigenvalue weighted by atomic mass is 9.91. The van der Waals surface area contributed by atoms with Crippen LogP contribution in [0.1, 0.15) is 90.9 Å². The van der Waals surface area contributed by atoms with Gasteiger partial charge in [0.25, 0.3) is 0 Å². The molecule has 0 aromatic carbocycles. The molecule has 0 aliphatic carbocycles. The highest BCUT2D eigenvalue weighted by Crippen LogP contribution is 2.18. The largest absolute Gasteiger partial charge is 0.469 e. The minimum absolute atomic E-state index is 0.0719. The summed E-state index contributed by atoms with van der Waals surface area (Å²) in [6.45, 7) is 4.25. The van der Waals surface area contributed by atoms with Crippen molar-refractivity contribution in [3.8, 4) is 0 Å². The molecule has 3 heteroatoms. The fourth-order valence-corrected chi connectivity index (χ4v) is 2.74. The molecule has 0 aromatic heterocycles. The third kappa shape index (κ3) is 12.9. The second-order valence-electron chi connectivity index (χ2n) is 6.37. The van der Waals surface area contributed by atoms with Gasteiger partial charge < -0.3 is 10.5 Å². The summed E-state index contributed by atoms with van der Waals surface area (Å²) in [6, 6.07) is 0.0719. The van der Waals surface area contributed by atoms with E-state index in [1.807, 2.05) is 6.92 Å². The first-order valence-electron chi connectivity index (χ1n) is 8.94. The van der Waals surface area contributed by atoms with Gasteiger partial charge in [0.05, 0.1) is 7.11 Å². The molecule has 0 bridgehead atoms. The molecule has 0 aliphatic heterocycles. The maximum absolute atomic E-state index is 11.3. The molecule has 0 fully saturated rings. The predicted octanol–water partition coefficient (Wildman–Crippen LogP) is 4.82. The molecule has 0 amide bonds. The van der Waals surface area contributed by atoms with Gasteiger partial charge in [-0.3, -0.25) is 4.79 Å². The lowest BCUT2D eigenvalue weighted by Crippen LogP contribution is -2.29. The number of methoxy groups -OCH3 is 1. The van der Waals surface area contributed by atoms with Gasteiger partial charge in [-0.25, -0.2) is 0 Å². The lowest BCUT2D eigenvalue weighted by molar-refractivity contribution is -0.141. The van der Waals surface area contributed by atoms with Crippen molar-refractivity contribution in [1.29, 1.82) is 0 Å². The van der Waals surface area contributed by atoms with Crippen LogP contribution in [0.4, 0.5) is 0 Å². The fraction of sp³-hybridized carbons (Fsp3) is 0.944. The van der Waals surface area contributed by atoms with Crippen molar-refractivity contribution in [2.75, 3.05) is 7.11 Å². The topological polar surface area (TPSA) is 52.3 Å². The summed E-state index contributed by atoms with van der Waals surface area (Å²) in [7, 11) is 1.45. The molecule has 0 saturated heterocycles. The molecule has 2 atom stereocenters. The SMILES string of the molecule is CCCCCCCCCCCCC(CC(=O)OC)C(C)N. The number of hydrogen-bond acceptors (Lipinski definition) is 3. The number of carbonyl (C=O) groups is 1. The molecule has 126 valence electrons. The van der Waals surface area contributed by atoms with Gasteiger partial charge in [0.2, 0.25) is 0 Å². The number of nitrogens with two attached hydrogens (primary N) is 1. The van der Waals surface area contributed by atoms with Crippen molar-refractivity contribution in [2.24, 2.45) is 11.7 Å². The second-order valence-corrected chi connectivity index (χ2v) is 6.37. The van der Waals surface area contributed by atoms with Gasteiger partial charge in [-0.15, -0.1) is 0 Å². The zero-order valence-corrected chi connectivity index (χ0v) is 14.5. The van der Waals surface area contributed by atoms with E-state index in [-0.39, 0.29) is 17.9 Å². The molecule has 0 radical (unpaired) electrons. The predicted molar refractivity (Wildman–Crippen MR) is 90.2 cm³/mol. The Morgan fingerprint density at radius 1 is 0.952 bits per heavy atom. The van der Waals surface area contributed by atoms with E-state index in [4.69, 9.17) is 10.5 Å². The van der Waals surface area contributed by atoms with Crippen molar-refractivity contribution >= 4 is 5.97 Å². The summed E-state index contributed by atoms with van der Waals surface area (Å²) in [5.74, 6) is 0.135. The Hall–Kier alpha value is -0.570. The number of unbranched alkanes of at least 4 members (excludes halogenated alkanes) is 9. The summed E-state index contributed by atoms with van der Waals surface area (Å²) in [6.07, 6.45) is 14.9. The lowest BCUT2D eigenvalue weighted by Gasteiger charge is -2.19. The van der Waals surface area contributed by atoms with Gasteiger partial charge in [-0.1, -0.05) is 71.1 Å². The first-order valence-corrected chi connectivity index (χ1v) is 8.94. The minimum atomic E-state index is -0.135. The third-order valence-electron chi connectivity index (χ3n) is 4.33. The third-order valence-corrected chi connectivity index (χ3v) is 4.33. The van der Waals surface area contributed by atoms with Crippen LogP contribution in [0, 0.1) is 5.92 Å². The van der Waals surface area contributed by atoms with Gasteiger partial charge in [0.1, 0.15) is 0 Å². The summed E-state index contributed by atoms with van der Waals surface area (Å²) in [4.78, 5) is 11.3. The van der Waals surface area contributed by atoms with E-state index in [0.717, 1.165) is 6.42 Å². The standard InChI is InChI=1S/C18H37NO2/c1-4-5-6-7-8-9-10-11-12-13-14-17(16(2)19)15-18(20)21-3/h16-17H,4-15,19H2,1-3H3. The Morgan fingerprint density at radius 2 is 1.43 bits per heavy atom. The van der Waals surface area contributed by atoms with Gasteiger partial charge >= 0.3 is 5.97 Å². The maximum atomic E-state index is 11.3. The van der Waals surface area contributed by atoms with Crippen LogP contribution in [0.3, 0.4) is 0 Å². The molecule has 0 spiro atoms. The molecule has 0 saturated carbocycles. The summed E-state index contributed by atoms with van der Waals surface area (Å²) in [5.41, 5.74) is 5.95. The molecule has 0 aromatic rings. The zero-order chi connectivity index (χ0) is 15.9. The van der Waals surface area contributed by atoms with E-state index in [2.05, 4.69) is 6.92 Å². The van der Waals surface area contributed by atoms with Crippen molar-refractivity contribution in [1.82, 2.24) is 0 Å². The normalized spacial score (nSPS) is 13.9. The van der Waals surface area contributed by atoms with Crippen molar-refractivity contribution in [2.45, 2.75) is 96.9 Å². The van der Waals surface area contributed by atoms with E-state index >= 15 is 0 Å². The second kappa shape index (κ2) is 14.4. The van der Waals surface area contributed by atoms with E-state index in [1.54, 1.807) is 0 Å². The number of esters is 1. The monoisotopic (exact) mass is 299 g/mol. The molecular weight excluding hydrogens is 262 g/mol. The van der Waals surface area contributed by atoms with Crippen molar-refractivity contribution in [3.05, 3.63) is 0 Å². The van der Waals surface area contributed by atoms with Crippen LogP contribution >= 0.6 is 0 Å². The van der Waals surface area contributed by atoms with Crippen LogP contribution in [-0.2, 0) is 9.53 Å². The van der Waals surface area contributed by atoms with Gasteiger partial charge in [0, 0.05) is 12.5 Å². The summed E-state index contributed by atoms with van der Waals surface area (Å²) in [5, 5.41) is 0. The summed E-state index contributed by atoms with van der Waals surface area (Å²) >= 11 is 0. The van der Waals surface area contributed by atoms with E-state index in [1.165, 1.54) is 71.3 Å². The first kappa shape index (κ1) is 20.4. The Morgan fingerprint density at radius 3 is 1.86 bits per heavy atom. The van der Waals surface area contributed by atoms with Crippen LogP contribution in [-0.4, -0.2) is 19.1 Å². The fourth-order valence-electron chi connectivity index (χ4n) is 2.74. The van der Waals surface area contributed by atoms with Crippen LogP contribution in [0.25, 0.3) is 0 Å². The Bertz CT molecular complexity index is 241. The smallest absolute Gasteiger partial charge is 0.305 e. The molecule has 2 N–H and O–H groups in total. The van der Waals surface area contributed by atoms with Crippen molar-refractivity contribution in [3.63, 3.8) is 0 Å². The van der Waals surface area contributed by atoms with E-state index < -0.39 is 0 Å². The van der Waals surface area contributed by atoms with Crippen LogP contribution < -0.4 is 5.73 Å². The number of rotatable bonds is 14. The first-order chi connectivity index (χ1) is 10.1. The van der Waals surface area contributed by atoms with E-state index in [0.29, 0.717) is 6.42 Å². The van der Waals surface area contributed by atoms with Crippen LogP contribution in [0.15, 0.2) is 0 Å². The molecule has 2 unspecified atom stereocenters. The maximum Gasteiger partial charge on any atom is 0.305 e. The molecular formula is C18H37NO2.